The molecule has 5 heteroatoms. The zero-order chi connectivity index (χ0) is 14.2. The van der Waals surface area contributed by atoms with Crippen LogP contribution in [0.15, 0.2) is 28.7 Å². The Morgan fingerprint density at radius 3 is 2.42 bits per heavy atom. The molecule has 2 aromatic rings. The van der Waals surface area contributed by atoms with Gasteiger partial charge in [-0.1, -0.05) is 11.6 Å². The summed E-state index contributed by atoms with van der Waals surface area (Å²) in [5, 5.41) is -0.0895. The van der Waals surface area contributed by atoms with Crippen LogP contribution in [0.25, 0.3) is 0 Å². The molecule has 0 N–H and O–H groups in total. The summed E-state index contributed by atoms with van der Waals surface area (Å²) in [6.07, 6.45) is 0. The van der Waals surface area contributed by atoms with E-state index in [4.69, 9.17) is 11.6 Å². The first-order valence-corrected chi connectivity index (χ1v) is 6.70. The third-order valence-electron chi connectivity index (χ3n) is 2.62. The van der Waals surface area contributed by atoms with Gasteiger partial charge in [0.15, 0.2) is 11.6 Å². The Kier molecular flexibility index (Phi) is 4.02. The molecule has 0 saturated heterocycles. The van der Waals surface area contributed by atoms with Crippen molar-refractivity contribution in [3.05, 3.63) is 62.1 Å². The SMILES string of the molecule is Cc1cc(C(=O)c2ccc(Br)c(Cl)c2F)cc(C)n1. The first kappa shape index (κ1) is 14.2. The second kappa shape index (κ2) is 5.39. The highest BCUT2D eigenvalue weighted by Gasteiger charge is 2.18. The van der Waals surface area contributed by atoms with Crippen LogP contribution >= 0.6 is 27.5 Å². The highest BCUT2D eigenvalue weighted by Crippen LogP contribution is 2.28. The van der Waals surface area contributed by atoms with E-state index in [9.17, 15) is 9.18 Å². The monoisotopic (exact) mass is 341 g/mol. The Bertz CT molecular complexity index is 652. The van der Waals surface area contributed by atoms with Crippen LogP contribution in [0.4, 0.5) is 4.39 Å². The number of aromatic nitrogens is 1. The van der Waals surface area contributed by atoms with Gasteiger partial charge in [0, 0.05) is 21.4 Å². The zero-order valence-corrected chi connectivity index (χ0v) is 12.6. The van der Waals surface area contributed by atoms with E-state index >= 15 is 0 Å². The lowest BCUT2D eigenvalue weighted by Gasteiger charge is -2.07. The minimum atomic E-state index is -0.715. The normalized spacial score (nSPS) is 10.6. The molecule has 1 aromatic heterocycles. The number of carbonyl (C=O) groups is 1. The molecule has 2 rings (SSSR count). The van der Waals surface area contributed by atoms with Crippen molar-refractivity contribution in [3.63, 3.8) is 0 Å². The molecule has 0 amide bonds. The fourth-order valence-electron chi connectivity index (χ4n) is 1.82. The van der Waals surface area contributed by atoms with Crippen molar-refractivity contribution in [1.82, 2.24) is 4.98 Å². The maximum atomic E-state index is 14.0. The minimum Gasteiger partial charge on any atom is -0.288 e. The summed E-state index contributed by atoms with van der Waals surface area (Å²) < 4.78 is 14.4. The third-order valence-corrected chi connectivity index (χ3v) is 3.88. The Hall–Kier alpha value is -1.26. The van der Waals surface area contributed by atoms with Crippen LogP contribution in [0.2, 0.25) is 5.02 Å². The first-order chi connectivity index (χ1) is 8.90. The molecule has 1 heterocycles. The second-order valence-electron chi connectivity index (χ2n) is 4.19. The Labute approximate surface area is 123 Å². The number of aryl methyl sites for hydroxylation is 2. The second-order valence-corrected chi connectivity index (χ2v) is 5.42. The van der Waals surface area contributed by atoms with E-state index in [1.807, 2.05) is 0 Å². The lowest BCUT2D eigenvalue weighted by molar-refractivity contribution is 0.103. The minimum absolute atomic E-state index is 0.0433. The van der Waals surface area contributed by atoms with Gasteiger partial charge in [-0.15, -0.1) is 0 Å². The molecule has 1 aromatic carbocycles. The van der Waals surface area contributed by atoms with Crippen LogP contribution in [0, 0.1) is 19.7 Å². The van der Waals surface area contributed by atoms with Crippen molar-refractivity contribution in [2.24, 2.45) is 0 Å². The molecule has 0 aliphatic heterocycles. The molecule has 0 atom stereocenters. The molecule has 0 radical (unpaired) electrons. The van der Waals surface area contributed by atoms with E-state index in [-0.39, 0.29) is 10.6 Å². The van der Waals surface area contributed by atoms with Crippen molar-refractivity contribution in [2.45, 2.75) is 13.8 Å². The molecule has 2 nitrogen and oxygen atoms in total. The number of halogens is 3. The predicted molar refractivity (Wildman–Crippen MR) is 76.3 cm³/mol. The average Bonchev–Trinajstić information content (AvgIpc) is 2.34. The maximum Gasteiger partial charge on any atom is 0.196 e. The van der Waals surface area contributed by atoms with Gasteiger partial charge in [0.1, 0.15) is 0 Å². The number of pyridine rings is 1. The molecule has 19 heavy (non-hydrogen) atoms. The van der Waals surface area contributed by atoms with E-state index in [0.717, 1.165) is 0 Å². The summed E-state index contributed by atoms with van der Waals surface area (Å²) in [7, 11) is 0. The maximum absolute atomic E-state index is 14.0. The number of hydrogen-bond donors (Lipinski definition) is 0. The molecule has 0 unspecified atom stereocenters. The van der Waals surface area contributed by atoms with E-state index < -0.39 is 11.6 Å². The summed E-state index contributed by atoms with van der Waals surface area (Å²) in [5.41, 5.74) is 1.79. The summed E-state index contributed by atoms with van der Waals surface area (Å²) in [6, 6.07) is 6.23. The molecule has 0 aliphatic rings. The van der Waals surface area contributed by atoms with Gasteiger partial charge in [0.05, 0.1) is 10.6 Å². The average molecular weight is 343 g/mol. The largest absolute Gasteiger partial charge is 0.288 e. The highest BCUT2D eigenvalue weighted by molar-refractivity contribution is 9.10. The number of ketones is 1. The Morgan fingerprint density at radius 1 is 1.26 bits per heavy atom. The molecule has 0 aliphatic carbocycles. The van der Waals surface area contributed by atoms with Gasteiger partial charge in [-0.05, 0) is 54.0 Å². The lowest BCUT2D eigenvalue weighted by atomic mass is 10.0. The van der Waals surface area contributed by atoms with Crippen molar-refractivity contribution < 1.29 is 9.18 Å². The van der Waals surface area contributed by atoms with Gasteiger partial charge in [-0.3, -0.25) is 9.78 Å². The number of hydrogen-bond acceptors (Lipinski definition) is 2. The van der Waals surface area contributed by atoms with Gasteiger partial charge < -0.3 is 0 Å². The van der Waals surface area contributed by atoms with Crippen LogP contribution in [0.3, 0.4) is 0 Å². The number of rotatable bonds is 2. The van der Waals surface area contributed by atoms with Crippen LogP contribution in [-0.4, -0.2) is 10.8 Å². The predicted octanol–water partition coefficient (Wildman–Crippen LogP) is 4.48. The van der Waals surface area contributed by atoms with Gasteiger partial charge in [-0.25, -0.2) is 4.39 Å². The molecule has 0 spiro atoms. The van der Waals surface area contributed by atoms with Crippen LogP contribution < -0.4 is 0 Å². The van der Waals surface area contributed by atoms with Gasteiger partial charge in [0.2, 0.25) is 0 Å². The Balaban J connectivity index is 2.53. The van der Waals surface area contributed by atoms with Crippen molar-refractivity contribution in [2.75, 3.05) is 0 Å². The van der Waals surface area contributed by atoms with Gasteiger partial charge in [-0.2, -0.15) is 0 Å². The van der Waals surface area contributed by atoms with Crippen LogP contribution in [0.1, 0.15) is 27.3 Å². The summed E-state index contributed by atoms with van der Waals surface area (Å²) >= 11 is 8.91. The van der Waals surface area contributed by atoms with E-state index in [2.05, 4.69) is 20.9 Å². The fourth-order valence-corrected chi connectivity index (χ4v) is 2.29. The van der Waals surface area contributed by atoms with Gasteiger partial charge in [0.25, 0.3) is 0 Å². The molecule has 98 valence electrons. The third kappa shape index (κ3) is 2.85. The van der Waals surface area contributed by atoms with Crippen molar-refractivity contribution >= 4 is 33.3 Å². The smallest absolute Gasteiger partial charge is 0.196 e. The van der Waals surface area contributed by atoms with Crippen LogP contribution in [0.5, 0.6) is 0 Å². The number of benzene rings is 1. The van der Waals surface area contributed by atoms with Crippen LogP contribution in [-0.2, 0) is 0 Å². The fraction of sp³-hybridized carbons (Fsp3) is 0.143. The summed E-state index contributed by atoms with van der Waals surface area (Å²) in [5.74, 6) is -1.12. The molecule has 0 saturated carbocycles. The highest BCUT2D eigenvalue weighted by atomic mass is 79.9. The van der Waals surface area contributed by atoms with E-state index in [0.29, 0.717) is 21.4 Å². The topological polar surface area (TPSA) is 30.0 Å². The van der Waals surface area contributed by atoms with E-state index in [1.165, 1.54) is 6.07 Å². The van der Waals surface area contributed by atoms with Crippen molar-refractivity contribution in [1.29, 1.82) is 0 Å². The quantitative estimate of drug-likeness (QED) is 0.595. The van der Waals surface area contributed by atoms with Gasteiger partial charge >= 0.3 is 0 Å². The summed E-state index contributed by atoms with van der Waals surface area (Å²) in [4.78, 5) is 16.5. The molecular formula is C14H10BrClFNO. The number of carbonyl (C=O) groups excluding carboxylic acids is 1. The molecule has 0 fully saturated rings. The molecule has 0 bridgehead atoms. The molecular weight excluding hydrogens is 333 g/mol. The van der Waals surface area contributed by atoms with E-state index in [1.54, 1.807) is 32.0 Å². The zero-order valence-electron chi connectivity index (χ0n) is 10.3. The number of nitrogens with zero attached hydrogens (tertiary/aromatic N) is 1. The Morgan fingerprint density at radius 2 is 1.84 bits per heavy atom. The first-order valence-electron chi connectivity index (χ1n) is 5.53. The van der Waals surface area contributed by atoms with Crippen molar-refractivity contribution in [3.8, 4) is 0 Å². The summed E-state index contributed by atoms with van der Waals surface area (Å²) in [6.45, 7) is 3.57. The standard InChI is InChI=1S/C14H10BrClFNO/c1-7-5-9(6-8(2)18-7)14(19)10-3-4-11(15)12(16)13(10)17/h3-6H,1-2H3. The lowest BCUT2D eigenvalue weighted by Crippen LogP contribution is -2.06.